The normalized spacial score (nSPS) is 11.0. The van der Waals surface area contributed by atoms with Crippen LogP contribution in [0.5, 0.6) is 0 Å². The SMILES string of the molecule is CCOC(=O)C(=CN(C)C)C(=O)CCl. The van der Waals surface area contributed by atoms with Crippen molar-refractivity contribution in [2.45, 2.75) is 6.92 Å². The Balaban J connectivity index is 4.72. The van der Waals surface area contributed by atoms with Crippen LogP contribution in [-0.4, -0.2) is 43.2 Å². The van der Waals surface area contributed by atoms with Gasteiger partial charge in [-0.1, -0.05) is 0 Å². The molecule has 80 valence electrons. The Kier molecular flexibility index (Phi) is 5.95. The van der Waals surface area contributed by atoms with Gasteiger partial charge >= 0.3 is 5.97 Å². The number of Topliss-reactive ketones (excluding diaryl/α,β-unsaturated/α-hetero) is 1. The summed E-state index contributed by atoms with van der Waals surface area (Å²) in [7, 11) is 3.42. The number of esters is 1. The number of hydrogen-bond donors (Lipinski definition) is 0. The van der Waals surface area contributed by atoms with E-state index in [0.717, 1.165) is 0 Å². The van der Waals surface area contributed by atoms with E-state index in [-0.39, 0.29) is 18.1 Å². The van der Waals surface area contributed by atoms with E-state index in [0.29, 0.717) is 0 Å². The smallest absolute Gasteiger partial charge is 0.343 e. The molecule has 0 aliphatic rings. The second-order valence-electron chi connectivity index (χ2n) is 2.78. The van der Waals surface area contributed by atoms with E-state index in [2.05, 4.69) is 0 Å². The van der Waals surface area contributed by atoms with Crippen LogP contribution >= 0.6 is 11.6 Å². The minimum atomic E-state index is -0.633. The third-order valence-electron chi connectivity index (χ3n) is 1.30. The molecule has 0 amide bonds. The lowest BCUT2D eigenvalue weighted by atomic mass is 10.2. The quantitative estimate of drug-likeness (QED) is 0.226. The van der Waals surface area contributed by atoms with E-state index in [9.17, 15) is 9.59 Å². The Bertz CT molecular complexity index is 248. The van der Waals surface area contributed by atoms with Crippen LogP contribution in [0.3, 0.4) is 0 Å². The van der Waals surface area contributed by atoms with Crippen molar-refractivity contribution in [2.24, 2.45) is 0 Å². The Labute approximate surface area is 88.5 Å². The largest absolute Gasteiger partial charge is 0.462 e. The van der Waals surface area contributed by atoms with Gasteiger partial charge in [0.25, 0.3) is 0 Å². The number of carbonyl (C=O) groups is 2. The van der Waals surface area contributed by atoms with Gasteiger partial charge in [0.1, 0.15) is 5.57 Å². The number of rotatable bonds is 5. The highest BCUT2D eigenvalue weighted by Crippen LogP contribution is 2.03. The summed E-state index contributed by atoms with van der Waals surface area (Å²) in [6.07, 6.45) is 1.41. The molecule has 14 heavy (non-hydrogen) atoms. The summed E-state index contributed by atoms with van der Waals surface area (Å²) in [5, 5.41) is 0. The number of halogens is 1. The highest BCUT2D eigenvalue weighted by molar-refractivity contribution is 6.34. The average molecular weight is 220 g/mol. The highest BCUT2D eigenvalue weighted by Gasteiger charge is 2.18. The van der Waals surface area contributed by atoms with Crippen molar-refractivity contribution in [1.82, 2.24) is 4.90 Å². The Morgan fingerprint density at radius 2 is 2.00 bits per heavy atom. The standard InChI is InChI=1S/C9H14ClNO3/c1-4-14-9(13)7(6-11(2)3)8(12)5-10/h6H,4-5H2,1-3H3. The van der Waals surface area contributed by atoms with Crippen molar-refractivity contribution in [1.29, 1.82) is 0 Å². The molecule has 0 unspecified atom stereocenters. The third-order valence-corrected chi connectivity index (χ3v) is 1.55. The maximum Gasteiger partial charge on any atom is 0.343 e. The van der Waals surface area contributed by atoms with Crippen molar-refractivity contribution in [3.05, 3.63) is 11.8 Å². The zero-order valence-electron chi connectivity index (χ0n) is 8.54. The van der Waals surface area contributed by atoms with Crippen LogP contribution in [0.4, 0.5) is 0 Å². The topological polar surface area (TPSA) is 46.6 Å². The van der Waals surface area contributed by atoms with Gasteiger partial charge < -0.3 is 9.64 Å². The summed E-state index contributed by atoms with van der Waals surface area (Å²) in [6.45, 7) is 1.91. The number of nitrogens with zero attached hydrogens (tertiary/aromatic N) is 1. The molecular weight excluding hydrogens is 206 g/mol. The van der Waals surface area contributed by atoms with Crippen molar-refractivity contribution in [3.8, 4) is 0 Å². The molecule has 4 nitrogen and oxygen atoms in total. The number of ketones is 1. The van der Waals surface area contributed by atoms with Gasteiger partial charge in [-0.25, -0.2) is 4.79 Å². The summed E-state index contributed by atoms with van der Waals surface area (Å²) in [5.74, 6) is -1.29. The highest BCUT2D eigenvalue weighted by atomic mass is 35.5. The molecule has 0 heterocycles. The summed E-state index contributed by atoms with van der Waals surface area (Å²) in [4.78, 5) is 24.1. The van der Waals surface area contributed by atoms with Crippen LogP contribution in [0.2, 0.25) is 0 Å². The number of hydrogen-bond acceptors (Lipinski definition) is 4. The van der Waals surface area contributed by atoms with E-state index < -0.39 is 11.8 Å². The molecule has 0 aliphatic heterocycles. The maximum absolute atomic E-state index is 11.3. The van der Waals surface area contributed by atoms with Gasteiger partial charge in [0, 0.05) is 20.3 Å². The van der Waals surface area contributed by atoms with Gasteiger partial charge in [0.05, 0.1) is 12.5 Å². The van der Waals surface area contributed by atoms with Crippen LogP contribution in [0.1, 0.15) is 6.92 Å². The van der Waals surface area contributed by atoms with Gasteiger partial charge in [0.2, 0.25) is 0 Å². The minimum absolute atomic E-state index is 0.0214. The monoisotopic (exact) mass is 219 g/mol. The van der Waals surface area contributed by atoms with Crippen LogP contribution in [0.25, 0.3) is 0 Å². The van der Waals surface area contributed by atoms with Crippen LogP contribution in [0.15, 0.2) is 11.8 Å². The molecule has 0 rings (SSSR count). The second kappa shape index (κ2) is 6.43. The molecule has 0 aromatic heterocycles. The molecule has 0 aliphatic carbocycles. The van der Waals surface area contributed by atoms with E-state index in [1.807, 2.05) is 0 Å². The molecule has 0 saturated heterocycles. The molecule has 0 bridgehead atoms. The zero-order valence-corrected chi connectivity index (χ0v) is 9.30. The van der Waals surface area contributed by atoms with Crippen molar-refractivity contribution >= 4 is 23.4 Å². The molecule has 0 saturated carbocycles. The molecule has 0 radical (unpaired) electrons. The van der Waals surface area contributed by atoms with E-state index in [4.69, 9.17) is 16.3 Å². The lowest BCUT2D eigenvalue weighted by molar-refractivity contribution is -0.139. The molecule has 0 spiro atoms. The Hall–Kier alpha value is -1.03. The zero-order chi connectivity index (χ0) is 11.1. The van der Waals surface area contributed by atoms with Crippen molar-refractivity contribution in [3.63, 3.8) is 0 Å². The molecular formula is C9H14ClNO3. The first-order valence-corrected chi connectivity index (χ1v) is 4.70. The first-order chi connectivity index (χ1) is 6.52. The van der Waals surface area contributed by atoms with Gasteiger partial charge in [-0.15, -0.1) is 11.6 Å². The summed E-state index contributed by atoms with van der Waals surface area (Å²) < 4.78 is 4.71. The first kappa shape index (κ1) is 13.0. The summed E-state index contributed by atoms with van der Waals surface area (Å²) in [6, 6.07) is 0. The van der Waals surface area contributed by atoms with Crippen LogP contribution in [-0.2, 0) is 14.3 Å². The predicted molar refractivity (Wildman–Crippen MR) is 54.1 cm³/mol. The van der Waals surface area contributed by atoms with Crippen LogP contribution < -0.4 is 0 Å². The number of carbonyl (C=O) groups excluding carboxylic acids is 2. The van der Waals surface area contributed by atoms with Gasteiger partial charge in [-0.05, 0) is 6.92 Å². The van der Waals surface area contributed by atoms with Crippen molar-refractivity contribution < 1.29 is 14.3 Å². The summed E-state index contributed by atoms with van der Waals surface area (Å²) in [5.41, 5.74) is -0.0214. The van der Waals surface area contributed by atoms with Gasteiger partial charge in [-0.2, -0.15) is 0 Å². The lowest BCUT2D eigenvalue weighted by Crippen LogP contribution is -2.19. The molecule has 0 atom stereocenters. The maximum atomic E-state index is 11.3. The van der Waals surface area contributed by atoms with Crippen LogP contribution in [0, 0.1) is 0 Å². The minimum Gasteiger partial charge on any atom is -0.462 e. The summed E-state index contributed by atoms with van der Waals surface area (Å²) >= 11 is 5.36. The third kappa shape index (κ3) is 4.28. The van der Waals surface area contributed by atoms with E-state index in [1.165, 1.54) is 6.20 Å². The molecule has 0 N–H and O–H groups in total. The van der Waals surface area contributed by atoms with E-state index >= 15 is 0 Å². The van der Waals surface area contributed by atoms with E-state index in [1.54, 1.807) is 25.9 Å². The molecule has 0 aromatic rings. The Morgan fingerprint density at radius 3 is 2.36 bits per heavy atom. The fourth-order valence-electron chi connectivity index (χ4n) is 0.778. The average Bonchev–Trinajstić information content (AvgIpc) is 2.13. The van der Waals surface area contributed by atoms with Gasteiger partial charge in [-0.3, -0.25) is 4.79 Å². The number of ether oxygens (including phenoxy) is 1. The number of alkyl halides is 1. The first-order valence-electron chi connectivity index (χ1n) is 4.17. The lowest BCUT2D eigenvalue weighted by Gasteiger charge is -2.09. The fourth-order valence-corrected chi connectivity index (χ4v) is 0.922. The molecule has 5 heteroatoms. The molecule has 0 aromatic carbocycles. The second-order valence-corrected chi connectivity index (χ2v) is 3.05. The predicted octanol–water partition coefficient (Wildman–Crippen LogP) is 0.803. The molecule has 0 fully saturated rings. The fraction of sp³-hybridized carbons (Fsp3) is 0.556. The van der Waals surface area contributed by atoms with Gasteiger partial charge in [0.15, 0.2) is 5.78 Å². The Morgan fingerprint density at radius 1 is 1.43 bits per heavy atom. The van der Waals surface area contributed by atoms with Crippen molar-refractivity contribution in [2.75, 3.05) is 26.6 Å².